The van der Waals surface area contributed by atoms with Crippen molar-refractivity contribution < 1.29 is 0 Å². The lowest BCUT2D eigenvalue weighted by molar-refractivity contribution is 0.481. The van der Waals surface area contributed by atoms with E-state index in [1.165, 1.54) is 39.8 Å². The second kappa shape index (κ2) is 8.04. The fraction of sp³-hybridized carbons (Fsp3) is 0.379. The van der Waals surface area contributed by atoms with Gasteiger partial charge in [0.1, 0.15) is 0 Å². The highest BCUT2D eigenvalue weighted by Gasteiger charge is 2.36. The van der Waals surface area contributed by atoms with E-state index in [1.807, 2.05) is 0 Å². The van der Waals surface area contributed by atoms with E-state index in [4.69, 9.17) is 0 Å². The Bertz CT molecular complexity index is 1010. The summed E-state index contributed by atoms with van der Waals surface area (Å²) in [5.41, 5.74) is 8.70. The van der Waals surface area contributed by atoms with E-state index in [1.54, 1.807) is 0 Å². The smallest absolute Gasteiger partial charge is 0.0664 e. The third-order valence-corrected chi connectivity index (χ3v) is 7.06. The van der Waals surface area contributed by atoms with Gasteiger partial charge in [-0.25, -0.2) is 0 Å². The number of hydrogen-bond acceptors (Lipinski definition) is 1. The maximum Gasteiger partial charge on any atom is 0.0664 e. The van der Waals surface area contributed by atoms with E-state index in [0.29, 0.717) is 5.92 Å². The third kappa shape index (κ3) is 3.84. The predicted octanol–water partition coefficient (Wildman–Crippen LogP) is 6.74. The number of fused-ring (bicyclic) bond motifs is 2. The van der Waals surface area contributed by atoms with Gasteiger partial charge in [0.05, 0.1) is 5.54 Å². The van der Waals surface area contributed by atoms with Gasteiger partial charge in [-0.05, 0) is 77.9 Å². The van der Waals surface area contributed by atoms with E-state index in [0.717, 1.165) is 12.8 Å². The highest BCUT2D eigenvalue weighted by Crippen LogP contribution is 2.42. The first-order valence-corrected chi connectivity index (χ1v) is 11.3. The van der Waals surface area contributed by atoms with Crippen molar-refractivity contribution in [1.82, 2.24) is 5.32 Å². The number of hydrogen-bond donors (Lipinski definition) is 1. The Morgan fingerprint density at radius 2 is 1.50 bits per heavy atom. The molecule has 1 N–H and O–H groups in total. The van der Waals surface area contributed by atoms with Gasteiger partial charge in [0.2, 0.25) is 0 Å². The van der Waals surface area contributed by atoms with Crippen LogP contribution in [-0.2, 0) is 23.8 Å². The molecule has 0 fully saturated rings. The molecular formula is C29H35N. The Labute approximate surface area is 182 Å². The molecule has 1 heteroatoms. The molecule has 0 spiro atoms. The molecule has 4 rings (SSSR count). The molecule has 2 atom stereocenters. The summed E-state index contributed by atoms with van der Waals surface area (Å²) in [7, 11) is 2.09. The van der Waals surface area contributed by atoms with Gasteiger partial charge in [-0.1, -0.05) is 93.6 Å². The van der Waals surface area contributed by atoms with Crippen LogP contribution in [0, 0.1) is 0 Å². The van der Waals surface area contributed by atoms with Crippen LogP contribution in [0.4, 0.5) is 0 Å². The van der Waals surface area contributed by atoms with Crippen molar-refractivity contribution in [3.05, 3.63) is 106 Å². The van der Waals surface area contributed by atoms with Gasteiger partial charge in [-0.3, -0.25) is 0 Å². The zero-order chi connectivity index (χ0) is 21.4. The van der Waals surface area contributed by atoms with Crippen LogP contribution in [-0.4, -0.2) is 7.05 Å². The Morgan fingerprint density at radius 1 is 0.867 bits per heavy atom. The highest BCUT2D eigenvalue weighted by atomic mass is 14.9. The summed E-state index contributed by atoms with van der Waals surface area (Å²) in [6.45, 7) is 9.17. The van der Waals surface area contributed by atoms with E-state index < -0.39 is 0 Å². The molecule has 0 unspecified atom stereocenters. The molecule has 1 nitrogen and oxygen atoms in total. The van der Waals surface area contributed by atoms with E-state index in [2.05, 4.69) is 113 Å². The molecule has 1 aliphatic rings. The summed E-state index contributed by atoms with van der Waals surface area (Å²) in [6, 6.07) is 27.3. The maximum absolute atomic E-state index is 3.65. The number of rotatable bonds is 4. The minimum atomic E-state index is -0.156. The Morgan fingerprint density at radius 3 is 2.17 bits per heavy atom. The standard InChI is InChI=1S/C29H35N/c1-28(2,3)24-18-15-21(16-19-24)14-17-22-20-23-10-6-8-12-26(23)29(4,30-5)27-13-9-7-11-25(22)27/h6-13,15-16,18-19,22,30H,14,17,20H2,1-5H3/t22-,29+/m0/s1. The van der Waals surface area contributed by atoms with E-state index in [9.17, 15) is 0 Å². The van der Waals surface area contributed by atoms with Gasteiger partial charge >= 0.3 is 0 Å². The lowest BCUT2D eigenvalue weighted by atomic mass is 9.81. The molecule has 0 bridgehead atoms. The van der Waals surface area contributed by atoms with Crippen molar-refractivity contribution >= 4 is 0 Å². The van der Waals surface area contributed by atoms with Gasteiger partial charge in [0.25, 0.3) is 0 Å². The minimum Gasteiger partial charge on any atom is -0.307 e. The molecule has 30 heavy (non-hydrogen) atoms. The Kier molecular flexibility index (Phi) is 5.59. The molecule has 0 aliphatic heterocycles. The van der Waals surface area contributed by atoms with Crippen LogP contribution in [0.25, 0.3) is 0 Å². The summed E-state index contributed by atoms with van der Waals surface area (Å²) in [5.74, 6) is 0.528. The molecule has 0 saturated heterocycles. The maximum atomic E-state index is 3.65. The van der Waals surface area contributed by atoms with Crippen molar-refractivity contribution in [3.8, 4) is 0 Å². The quantitative estimate of drug-likeness (QED) is 0.514. The number of aryl methyl sites for hydroxylation is 1. The fourth-order valence-electron chi connectivity index (χ4n) is 5.05. The van der Waals surface area contributed by atoms with Crippen LogP contribution >= 0.6 is 0 Å². The lowest BCUT2D eigenvalue weighted by Gasteiger charge is -2.32. The summed E-state index contributed by atoms with van der Waals surface area (Å²) in [5, 5.41) is 3.65. The van der Waals surface area contributed by atoms with Crippen molar-refractivity contribution in [2.45, 2.75) is 63.8 Å². The van der Waals surface area contributed by atoms with Crippen LogP contribution in [0.5, 0.6) is 0 Å². The Balaban J connectivity index is 1.66. The van der Waals surface area contributed by atoms with Crippen molar-refractivity contribution in [2.75, 3.05) is 7.05 Å². The lowest BCUT2D eigenvalue weighted by Crippen LogP contribution is -2.38. The fourth-order valence-corrected chi connectivity index (χ4v) is 5.05. The average molecular weight is 398 g/mol. The van der Waals surface area contributed by atoms with Gasteiger partial charge < -0.3 is 5.32 Å². The number of nitrogens with one attached hydrogen (secondary N) is 1. The second-order valence-electron chi connectivity index (χ2n) is 10.0. The topological polar surface area (TPSA) is 12.0 Å². The van der Waals surface area contributed by atoms with E-state index >= 15 is 0 Å². The third-order valence-electron chi connectivity index (χ3n) is 7.06. The minimum absolute atomic E-state index is 0.156. The molecule has 0 radical (unpaired) electrons. The summed E-state index contributed by atoms with van der Waals surface area (Å²) in [6.07, 6.45) is 3.38. The Hall–Kier alpha value is -2.38. The van der Waals surface area contributed by atoms with Crippen LogP contribution < -0.4 is 5.32 Å². The molecule has 0 saturated carbocycles. The molecule has 156 valence electrons. The highest BCUT2D eigenvalue weighted by molar-refractivity contribution is 5.50. The van der Waals surface area contributed by atoms with Crippen LogP contribution in [0.1, 0.15) is 73.4 Å². The van der Waals surface area contributed by atoms with Crippen LogP contribution in [0.2, 0.25) is 0 Å². The first-order chi connectivity index (χ1) is 14.3. The molecule has 3 aromatic carbocycles. The van der Waals surface area contributed by atoms with Gasteiger partial charge in [-0.15, -0.1) is 0 Å². The zero-order valence-corrected chi connectivity index (χ0v) is 19.1. The number of benzene rings is 3. The van der Waals surface area contributed by atoms with Gasteiger partial charge in [0.15, 0.2) is 0 Å². The molecular weight excluding hydrogens is 362 g/mol. The van der Waals surface area contributed by atoms with Gasteiger partial charge in [0, 0.05) is 0 Å². The SMILES string of the molecule is CN[C@]1(C)c2ccccc2C[C@H](CCc2ccc(C(C)(C)C)cc2)c2ccccc21. The molecule has 0 amide bonds. The van der Waals surface area contributed by atoms with Crippen molar-refractivity contribution in [1.29, 1.82) is 0 Å². The molecule has 0 heterocycles. The average Bonchev–Trinajstić information content (AvgIpc) is 2.86. The first kappa shape index (κ1) is 20.9. The monoisotopic (exact) mass is 397 g/mol. The van der Waals surface area contributed by atoms with Crippen LogP contribution in [0.3, 0.4) is 0 Å². The molecule has 1 aliphatic carbocycles. The summed E-state index contributed by atoms with van der Waals surface area (Å²) >= 11 is 0. The summed E-state index contributed by atoms with van der Waals surface area (Å²) < 4.78 is 0. The normalized spacial score (nSPS) is 20.9. The summed E-state index contributed by atoms with van der Waals surface area (Å²) in [4.78, 5) is 0. The molecule has 0 aromatic heterocycles. The molecule has 3 aromatic rings. The van der Waals surface area contributed by atoms with E-state index in [-0.39, 0.29) is 11.0 Å². The van der Waals surface area contributed by atoms with Crippen molar-refractivity contribution in [2.24, 2.45) is 0 Å². The second-order valence-corrected chi connectivity index (χ2v) is 10.0. The largest absolute Gasteiger partial charge is 0.307 e. The zero-order valence-electron chi connectivity index (χ0n) is 19.1. The predicted molar refractivity (Wildman–Crippen MR) is 128 cm³/mol. The van der Waals surface area contributed by atoms with Gasteiger partial charge in [-0.2, -0.15) is 0 Å². The van der Waals surface area contributed by atoms with Crippen molar-refractivity contribution in [3.63, 3.8) is 0 Å². The van der Waals surface area contributed by atoms with Crippen LogP contribution in [0.15, 0.2) is 72.8 Å². The first-order valence-electron chi connectivity index (χ1n) is 11.3.